The van der Waals surface area contributed by atoms with E-state index in [1.54, 1.807) is 13.1 Å². The summed E-state index contributed by atoms with van der Waals surface area (Å²) in [5.41, 5.74) is 1.84. The van der Waals surface area contributed by atoms with Gasteiger partial charge in [0.1, 0.15) is 0 Å². The van der Waals surface area contributed by atoms with Crippen molar-refractivity contribution in [3.63, 3.8) is 0 Å². The highest BCUT2D eigenvalue weighted by Crippen LogP contribution is 2.15. The van der Waals surface area contributed by atoms with E-state index in [4.69, 9.17) is 0 Å². The minimum Gasteiger partial charge on any atom is -0.387 e. The summed E-state index contributed by atoms with van der Waals surface area (Å²) in [5, 5.41) is 9.71. The highest BCUT2D eigenvalue weighted by molar-refractivity contribution is 5.14. The van der Waals surface area contributed by atoms with Gasteiger partial charge < -0.3 is 5.11 Å². The molecule has 0 amide bonds. The molecular weight excluding hydrogens is 174 g/mol. The van der Waals surface area contributed by atoms with Crippen LogP contribution in [0.2, 0.25) is 0 Å². The van der Waals surface area contributed by atoms with E-state index in [-0.39, 0.29) is 0 Å². The van der Waals surface area contributed by atoms with Gasteiger partial charge in [-0.3, -0.25) is 4.98 Å². The van der Waals surface area contributed by atoms with Crippen molar-refractivity contribution >= 4 is 0 Å². The Hall–Kier alpha value is -1.33. The van der Waals surface area contributed by atoms with E-state index >= 15 is 0 Å². The Labute approximate surface area is 85.0 Å². The van der Waals surface area contributed by atoms with E-state index in [1.165, 1.54) is 0 Å². The molecular formula is C12H15NO. The standard InChI is InChI=1S/C12H15NO/c1-3-4-5-6-12(14)11-8-7-10(2)9-13-11/h7-9,12,14H,5-6H2,1-2H3. The minimum absolute atomic E-state index is 0.489. The Morgan fingerprint density at radius 2 is 2.29 bits per heavy atom. The van der Waals surface area contributed by atoms with Gasteiger partial charge in [0.15, 0.2) is 0 Å². The van der Waals surface area contributed by atoms with Crippen molar-refractivity contribution < 1.29 is 5.11 Å². The fourth-order valence-corrected chi connectivity index (χ4v) is 1.16. The molecule has 0 aliphatic carbocycles. The average molecular weight is 189 g/mol. The highest BCUT2D eigenvalue weighted by Gasteiger charge is 2.06. The number of aliphatic hydroxyl groups excluding tert-OH is 1. The van der Waals surface area contributed by atoms with Gasteiger partial charge >= 0.3 is 0 Å². The summed E-state index contributed by atoms with van der Waals surface area (Å²) in [7, 11) is 0. The Kier molecular flexibility index (Phi) is 4.15. The van der Waals surface area contributed by atoms with E-state index in [1.807, 2.05) is 19.1 Å². The summed E-state index contributed by atoms with van der Waals surface area (Å²) in [5.74, 6) is 5.72. The predicted octanol–water partition coefficient (Wildman–Crippen LogP) is 2.23. The molecule has 0 saturated heterocycles. The topological polar surface area (TPSA) is 33.1 Å². The molecule has 2 nitrogen and oxygen atoms in total. The van der Waals surface area contributed by atoms with Crippen LogP contribution < -0.4 is 0 Å². The van der Waals surface area contributed by atoms with E-state index in [0.29, 0.717) is 12.8 Å². The fraction of sp³-hybridized carbons (Fsp3) is 0.417. The van der Waals surface area contributed by atoms with Crippen LogP contribution in [-0.2, 0) is 0 Å². The monoisotopic (exact) mass is 189 g/mol. The number of hydrogen-bond acceptors (Lipinski definition) is 2. The number of aliphatic hydroxyl groups is 1. The van der Waals surface area contributed by atoms with Crippen LogP contribution in [0.5, 0.6) is 0 Å². The van der Waals surface area contributed by atoms with Crippen LogP contribution in [0.1, 0.15) is 37.1 Å². The Morgan fingerprint density at radius 1 is 1.50 bits per heavy atom. The molecule has 1 aromatic rings. The van der Waals surface area contributed by atoms with Gasteiger partial charge in [-0.15, -0.1) is 11.8 Å². The number of pyridine rings is 1. The average Bonchev–Trinajstić information content (AvgIpc) is 2.19. The van der Waals surface area contributed by atoms with Crippen LogP contribution in [-0.4, -0.2) is 10.1 Å². The molecule has 0 fully saturated rings. The van der Waals surface area contributed by atoms with Crippen LogP contribution in [0, 0.1) is 18.8 Å². The molecule has 0 aromatic carbocycles. The van der Waals surface area contributed by atoms with Crippen molar-refractivity contribution in [2.45, 2.75) is 32.8 Å². The molecule has 14 heavy (non-hydrogen) atoms. The van der Waals surface area contributed by atoms with Crippen LogP contribution in [0.25, 0.3) is 0 Å². The first kappa shape index (κ1) is 10.7. The van der Waals surface area contributed by atoms with Gasteiger partial charge in [-0.2, -0.15) is 0 Å². The Balaban J connectivity index is 2.54. The zero-order chi connectivity index (χ0) is 10.4. The third kappa shape index (κ3) is 3.20. The van der Waals surface area contributed by atoms with E-state index in [2.05, 4.69) is 16.8 Å². The summed E-state index contributed by atoms with van der Waals surface area (Å²) < 4.78 is 0. The van der Waals surface area contributed by atoms with E-state index in [9.17, 15) is 5.11 Å². The molecule has 0 spiro atoms. The first-order valence-electron chi connectivity index (χ1n) is 4.74. The molecule has 2 heteroatoms. The largest absolute Gasteiger partial charge is 0.387 e. The second-order valence-corrected chi connectivity index (χ2v) is 3.24. The third-order valence-electron chi connectivity index (χ3n) is 2.00. The maximum absolute atomic E-state index is 9.71. The summed E-state index contributed by atoms with van der Waals surface area (Å²) in [6.45, 7) is 3.78. The van der Waals surface area contributed by atoms with Gasteiger partial charge in [-0.25, -0.2) is 0 Å². The molecule has 0 aliphatic heterocycles. The molecule has 1 N–H and O–H groups in total. The molecule has 1 aromatic heterocycles. The molecule has 1 rings (SSSR count). The lowest BCUT2D eigenvalue weighted by Crippen LogP contribution is -1.99. The first-order valence-corrected chi connectivity index (χ1v) is 4.74. The van der Waals surface area contributed by atoms with Crippen molar-refractivity contribution in [1.82, 2.24) is 4.98 Å². The number of aryl methyl sites for hydroxylation is 1. The van der Waals surface area contributed by atoms with Gasteiger partial charge in [-0.1, -0.05) is 6.07 Å². The lowest BCUT2D eigenvalue weighted by atomic mass is 10.1. The number of hydrogen-bond donors (Lipinski definition) is 1. The summed E-state index contributed by atoms with van der Waals surface area (Å²) in [6.07, 6.45) is 2.64. The minimum atomic E-state index is -0.489. The fourth-order valence-electron chi connectivity index (χ4n) is 1.16. The van der Waals surface area contributed by atoms with Crippen molar-refractivity contribution in [3.8, 4) is 11.8 Å². The van der Waals surface area contributed by atoms with Crippen LogP contribution in [0.15, 0.2) is 18.3 Å². The number of nitrogens with zero attached hydrogens (tertiary/aromatic N) is 1. The zero-order valence-electron chi connectivity index (χ0n) is 8.62. The van der Waals surface area contributed by atoms with Gasteiger partial charge in [0.2, 0.25) is 0 Å². The maximum Gasteiger partial charge on any atom is 0.0968 e. The number of aromatic nitrogens is 1. The third-order valence-corrected chi connectivity index (χ3v) is 2.00. The second kappa shape index (κ2) is 5.41. The molecule has 1 atom stereocenters. The lowest BCUT2D eigenvalue weighted by Gasteiger charge is -2.07. The maximum atomic E-state index is 9.71. The van der Waals surface area contributed by atoms with Crippen LogP contribution in [0.4, 0.5) is 0 Å². The number of rotatable bonds is 3. The quantitative estimate of drug-likeness (QED) is 0.740. The molecule has 0 aliphatic rings. The summed E-state index contributed by atoms with van der Waals surface area (Å²) >= 11 is 0. The first-order chi connectivity index (χ1) is 6.74. The van der Waals surface area contributed by atoms with Crippen LogP contribution >= 0.6 is 0 Å². The van der Waals surface area contributed by atoms with Crippen LogP contribution in [0.3, 0.4) is 0 Å². The molecule has 0 radical (unpaired) electrons. The molecule has 1 unspecified atom stereocenters. The molecule has 1 heterocycles. The van der Waals surface area contributed by atoms with Crippen molar-refractivity contribution in [3.05, 3.63) is 29.6 Å². The Morgan fingerprint density at radius 3 is 2.86 bits per heavy atom. The van der Waals surface area contributed by atoms with Gasteiger partial charge in [0.05, 0.1) is 11.8 Å². The molecule has 0 bridgehead atoms. The normalized spacial score (nSPS) is 11.6. The summed E-state index contributed by atoms with van der Waals surface area (Å²) in [4.78, 5) is 4.16. The Bertz CT molecular complexity index is 332. The smallest absolute Gasteiger partial charge is 0.0968 e. The molecule has 0 saturated carbocycles. The highest BCUT2D eigenvalue weighted by atomic mass is 16.3. The zero-order valence-corrected chi connectivity index (χ0v) is 8.62. The van der Waals surface area contributed by atoms with E-state index in [0.717, 1.165) is 11.3 Å². The SMILES string of the molecule is CC#CCCC(O)c1ccc(C)cn1. The van der Waals surface area contributed by atoms with Gasteiger partial charge in [-0.05, 0) is 31.9 Å². The van der Waals surface area contributed by atoms with E-state index < -0.39 is 6.10 Å². The summed E-state index contributed by atoms with van der Waals surface area (Å²) in [6, 6.07) is 3.82. The van der Waals surface area contributed by atoms with Gasteiger partial charge in [0.25, 0.3) is 0 Å². The van der Waals surface area contributed by atoms with Gasteiger partial charge in [0, 0.05) is 12.6 Å². The van der Waals surface area contributed by atoms with Crippen molar-refractivity contribution in [1.29, 1.82) is 0 Å². The second-order valence-electron chi connectivity index (χ2n) is 3.24. The van der Waals surface area contributed by atoms with Crippen molar-refractivity contribution in [2.24, 2.45) is 0 Å². The predicted molar refractivity (Wildman–Crippen MR) is 56.6 cm³/mol. The lowest BCUT2D eigenvalue weighted by molar-refractivity contribution is 0.164. The molecule has 74 valence electrons. The van der Waals surface area contributed by atoms with Crippen molar-refractivity contribution in [2.75, 3.05) is 0 Å².